The van der Waals surface area contributed by atoms with Gasteiger partial charge in [0.2, 0.25) is 5.90 Å². The molecule has 130 valence electrons. The average molecular weight is 343 g/mol. The van der Waals surface area contributed by atoms with Crippen LogP contribution in [-0.2, 0) is 0 Å². The molecule has 0 unspecified atom stereocenters. The standard InChI is InChI=1S/C23H21NO2/c1-18-11-9-10-16-22(18)26-23(24-20-12-5-3-6-13-20)19(2)17-25-21-14-7-4-8-15-21/h3-17H,1-2H3/b19-17+,24-23-. The number of hydrogen-bond acceptors (Lipinski definition) is 3. The van der Waals surface area contributed by atoms with Crippen LogP contribution in [0.25, 0.3) is 0 Å². The van der Waals surface area contributed by atoms with Crippen molar-refractivity contribution in [1.82, 2.24) is 0 Å². The second-order valence-electron chi connectivity index (χ2n) is 5.85. The number of nitrogens with zero attached hydrogens (tertiary/aromatic N) is 1. The van der Waals surface area contributed by atoms with Crippen LogP contribution in [0.15, 0.2) is 102 Å². The molecule has 0 spiro atoms. The summed E-state index contributed by atoms with van der Waals surface area (Å²) in [6, 6.07) is 27.2. The maximum absolute atomic E-state index is 6.10. The van der Waals surface area contributed by atoms with Crippen LogP contribution in [0.3, 0.4) is 0 Å². The Labute approximate surface area is 154 Å². The highest BCUT2D eigenvalue weighted by molar-refractivity contribution is 5.96. The zero-order chi connectivity index (χ0) is 18.2. The van der Waals surface area contributed by atoms with Crippen molar-refractivity contribution in [3.8, 4) is 11.5 Å². The van der Waals surface area contributed by atoms with Crippen LogP contribution in [0.2, 0.25) is 0 Å². The molecule has 0 aliphatic carbocycles. The van der Waals surface area contributed by atoms with Gasteiger partial charge in [0, 0.05) is 5.57 Å². The Balaban J connectivity index is 1.89. The Kier molecular flexibility index (Phi) is 5.84. The van der Waals surface area contributed by atoms with Gasteiger partial charge in [-0.2, -0.15) is 0 Å². The SMILES string of the molecule is CC(=C\Oc1ccccc1)/C(=N/c1ccccc1)Oc1ccccc1C. The van der Waals surface area contributed by atoms with E-state index >= 15 is 0 Å². The second kappa shape index (κ2) is 8.67. The predicted octanol–water partition coefficient (Wildman–Crippen LogP) is 6.09. The second-order valence-corrected chi connectivity index (χ2v) is 5.85. The van der Waals surface area contributed by atoms with E-state index in [1.54, 1.807) is 6.26 Å². The molecular formula is C23H21NO2. The van der Waals surface area contributed by atoms with Gasteiger partial charge in [-0.15, -0.1) is 0 Å². The van der Waals surface area contributed by atoms with E-state index in [2.05, 4.69) is 4.99 Å². The van der Waals surface area contributed by atoms with Crippen molar-refractivity contribution in [3.05, 3.63) is 102 Å². The van der Waals surface area contributed by atoms with Crippen molar-refractivity contribution in [2.75, 3.05) is 0 Å². The van der Waals surface area contributed by atoms with Gasteiger partial charge in [-0.25, -0.2) is 4.99 Å². The molecule has 0 bridgehead atoms. The first-order valence-corrected chi connectivity index (χ1v) is 8.48. The fraction of sp³-hybridized carbons (Fsp3) is 0.0870. The summed E-state index contributed by atoms with van der Waals surface area (Å²) in [6.07, 6.45) is 1.66. The van der Waals surface area contributed by atoms with E-state index in [0.717, 1.165) is 28.3 Å². The number of para-hydroxylation sites is 3. The zero-order valence-electron chi connectivity index (χ0n) is 14.9. The van der Waals surface area contributed by atoms with Gasteiger partial charge >= 0.3 is 0 Å². The quantitative estimate of drug-likeness (QED) is 0.319. The van der Waals surface area contributed by atoms with Crippen molar-refractivity contribution in [1.29, 1.82) is 0 Å². The summed E-state index contributed by atoms with van der Waals surface area (Å²) >= 11 is 0. The summed E-state index contributed by atoms with van der Waals surface area (Å²) in [4.78, 5) is 4.65. The third kappa shape index (κ3) is 4.84. The van der Waals surface area contributed by atoms with Gasteiger partial charge in [0.25, 0.3) is 0 Å². The molecule has 3 aromatic rings. The molecular weight excluding hydrogens is 322 g/mol. The molecule has 3 rings (SSSR count). The monoisotopic (exact) mass is 343 g/mol. The van der Waals surface area contributed by atoms with Gasteiger partial charge in [0.05, 0.1) is 11.9 Å². The van der Waals surface area contributed by atoms with E-state index < -0.39 is 0 Å². The van der Waals surface area contributed by atoms with E-state index in [1.165, 1.54) is 0 Å². The van der Waals surface area contributed by atoms with E-state index in [-0.39, 0.29) is 0 Å². The summed E-state index contributed by atoms with van der Waals surface area (Å²) in [7, 11) is 0. The largest absolute Gasteiger partial charge is 0.465 e. The highest BCUT2D eigenvalue weighted by Crippen LogP contribution is 2.21. The van der Waals surface area contributed by atoms with E-state index in [1.807, 2.05) is 98.8 Å². The molecule has 0 aliphatic rings. The Morgan fingerprint density at radius 2 is 1.42 bits per heavy atom. The van der Waals surface area contributed by atoms with Gasteiger partial charge in [-0.05, 0) is 49.7 Å². The summed E-state index contributed by atoms with van der Waals surface area (Å²) in [5, 5.41) is 0. The first-order chi connectivity index (χ1) is 12.7. The summed E-state index contributed by atoms with van der Waals surface area (Å²) in [6.45, 7) is 3.93. The molecule has 0 saturated heterocycles. The molecule has 3 nitrogen and oxygen atoms in total. The zero-order valence-corrected chi connectivity index (χ0v) is 14.9. The van der Waals surface area contributed by atoms with Crippen molar-refractivity contribution in [2.24, 2.45) is 4.99 Å². The predicted molar refractivity (Wildman–Crippen MR) is 106 cm³/mol. The molecule has 26 heavy (non-hydrogen) atoms. The van der Waals surface area contributed by atoms with Crippen LogP contribution in [0.4, 0.5) is 5.69 Å². The molecule has 0 amide bonds. The van der Waals surface area contributed by atoms with Crippen LogP contribution >= 0.6 is 0 Å². The van der Waals surface area contributed by atoms with Gasteiger partial charge in [0.15, 0.2) is 0 Å². The Morgan fingerprint density at radius 1 is 0.808 bits per heavy atom. The fourth-order valence-electron chi connectivity index (χ4n) is 2.29. The van der Waals surface area contributed by atoms with Crippen LogP contribution in [0.5, 0.6) is 11.5 Å². The van der Waals surface area contributed by atoms with Gasteiger partial charge in [-0.1, -0.05) is 54.6 Å². The molecule has 3 heteroatoms. The lowest BCUT2D eigenvalue weighted by Crippen LogP contribution is -2.11. The first kappa shape index (κ1) is 17.5. The van der Waals surface area contributed by atoms with Gasteiger partial charge < -0.3 is 9.47 Å². The maximum Gasteiger partial charge on any atom is 0.225 e. The lowest BCUT2D eigenvalue weighted by Gasteiger charge is -2.12. The molecule has 0 aromatic heterocycles. The average Bonchev–Trinajstić information content (AvgIpc) is 2.69. The van der Waals surface area contributed by atoms with Gasteiger partial charge in [-0.3, -0.25) is 0 Å². The van der Waals surface area contributed by atoms with Crippen molar-refractivity contribution in [2.45, 2.75) is 13.8 Å². The number of aryl methyl sites for hydroxylation is 1. The first-order valence-electron chi connectivity index (χ1n) is 8.48. The van der Waals surface area contributed by atoms with Crippen molar-refractivity contribution >= 4 is 11.6 Å². The third-order valence-corrected chi connectivity index (χ3v) is 3.74. The van der Waals surface area contributed by atoms with Crippen molar-refractivity contribution in [3.63, 3.8) is 0 Å². The highest BCUT2D eigenvalue weighted by atomic mass is 16.5. The summed E-state index contributed by atoms with van der Waals surface area (Å²) < 4.78 is 11.8. The highest BCUT2D eigenvalue weighted by Gasteiger charge is 2.09. The summed E-state index contributed by atoms with van der Waals surface area (Å²) in [5.74, 6) is 2.04. The third-order valence-electron chi connectivity index (χ3n) is 3.74. The van der Waals surface area contributed by atoms with Crippen LogP contribution in [0, 0.1) is 6.92 Å². The summed E-state index contributed by atoms with van der Waals surface area (Å²) in [5.41, 5.74) is 2.66. The van der Waals surface area contributed by atoms with E-state index in [9.17, 15) is 0 Å². The number of benzene rings is 3. The number of rotatable bonds is 5. The van der Waals surface area contributed by atoms with Crippen LogP contribution in [0.1, 0.15) is 12.5 Å². The van der Waals surface area contributed by atoms with E-state index in [4.69, 9.17) is 9.47 Å². The number of aliphatic imine (C=N–C) groups is 1. The Hall–Kier alpha value is -3.33. The topological polar surface area (TPSA) is 30.8 Å². The molecule has 0 fully saturated rings. The minimum absolute atomic E-state index is 0.501. The minimum Gasteiger partial charge on any atom is -0.465 e. The molecule has 0 saturated carbocycles. The van der Waals surface area contributed by atoms with E-state index in [0.29, 0.717) is 5.90 Å². The molecule has 0 N–H and O–H groups in total. The fourth-order valence-corrected chi connectivity index (χ4v) is 2.29. The van der Waals surface area contributed by atoms with Crippen LogP contribution < -0.4 is 9.47 Å². The minimum atomic E-state index is 0.501. The lowest BCUT2D eigenvalue weighted by atomic mass is 10.2. The maximum atomic E-state index is 6.10. The number of hydrogen-bond donors (Lipinski definition) is 0. The molecule has 0 aliphatic heterocycles. The van der Waals surface area contributed by atoms with Crippen LogP contribution in [-0.4, -0.2) is 5.90 Å². The number of ether oxygens (including phenoxy) is 2. The normalized spacial score (nSPS) is 11.9. The Morgan fingerprint density at radius 3 is 2.12 bits per heavy atom. The van der Waals surface area contributed by atoms with Crippen molar-refractivity contribution < 1.29 is 9.47 Å². The van der Waals surface area contributed by atoms with Gasteiger partial charge in [0.1, 0.15) is 11.5 Å². The Bertz CT molecular complexity index is 900. The molecule has 3 aromatic carbocycles. The molecule has 0 atom stereocenters. The smallest absolute Gasteiger partial charge is 0.225 e. The molecule has 0 heterocycles. The lowest BCUT2D eigenvalue weighted by molar-refractivity contribution is 0.473. The molecule has 0 radical (unpaired) electrons.